The monoisotopic (exact) mass is 142 g/mol. The Morgan fingerprint density at radius 2 is 1.90 bits per heavy atom. The SMILES string of the molecule is CCC/C=C/CC[C@H](C)O. The van der Waals surface area contributed by atoms with Crippen LogP contribution in [0.1, 0.15) is 39.5 Å². The first kappa shape index (κ1) is 9.70. The fourth-order valence-corrected chi connectivity index (χ4v) is 0.740. The van der Waals surface area contributed by atoms with E-state index in [1.165, 1.54) is 12.8 Å². The second-order valence-electron chi connectivity index (χ2n) is 2.69. The third-order valence-electron chi connectivity index (χ3n) is 1.37. The van der Waals surface area contributed by atoms with Crippen molar-refractivity contribution in [3.05, 3.63) is 12.2 Å². The first-order chi connectivity index (χ1) is 4.77. The molecule has 0 aromatic carbocycles. The van der Waals surface area contributed by atoms with Gasteiger partial charge < -0.3 is 5.11 Å². The van der Waals surface area contributed by atoms with Crippen LogP contribution >= 0.6 is 0 Å². The van der Waals surface area contributed by atoms with Crippen LogP contribution in [0.25, 0.3) is 0 Å². The summed E-state index contributed by atoms with van der Waals surface area (Å²) in [6.07, 6.45) is 8.47. The molecule has 0 aliphatic rings. The van der Waals surface area contributed by atoms with Gasteiger partial charge in [0.2, 0.25) is 0 Å². The van der Waals surface area contributed by atoms with Gasteiger partial charge in [-0.15, -0.1) is 0 Å². The van der Waals surface area contributed by atoms with Crippen LogP contribution in [-0.2, 0) is 0 Å². The summed E-state index contributed by atoms with van der Waals surface area (Å²) in [4.78, 5) is 0. The number of unbranched alkanes of at least 4 members (excludes halogenated alkanes) is 1. The zero-order valence-corrected chi connectivity index (χ0v) is 7.01. The van der Waals surface area contributed by atoms with E-state index in [9.17, 15) is 0 Å². The first-order valence-corrected chi connectivity index (χ1v) is 4.10. The van der Waals surface area contributed by atoms with Crippen molar-refractivity contribution in [1.29, 1.82) is 0 Å². The van der Waals surface area contributed by atoms with Crippen LogP contribution in [0.15, 0.2) is 12.2 Å². The lowest BCUT2D eigenvalue weighted by Gasteiger charge is -1.97. The van der Waals surface area contributed by atoms with Crippen LogP contribution in [0, 0.1) is 0 Å². The molecule has 0 fully saturated rings. The highest BCUT2D eigenvalue weighted by Gasteiger charge is 1.90. The second-order valence-corrected chi connectivity index (χ2v) is 2.69. The summed E-state index contributed by atoms with van der Waals surface area (Å²) in [5, 5.41) is 8.88. The average Bonchev–Trinajstić information content (AvgIpc) is 1.87. The van der Waals surface area contributed by atoms with Gasteiger partial charge in [0.25, 0.3) is 0 Å². The topological polar surface area (TPSA) is 20.2 Å². The standard InChI is InChI=1S/C9H18O/c1-3-4-5-6-7-8-9(2)10/h5-6,9-10H,3-4,7-8H2,1-2H3/b6-5+/t9-/m0/s1. The van der Waals surface area contributed by atoms with Gasteiger partial charge in [-0.2, -0.15) is 0 Å². The van der Waals surface area contributed by atoms with Crippen LogP contribution < -0.4 is 0 Å². The summed E-state index contributed by atoms with van der Waals surface area (Å²) in [6.45, 7) is 3.99. The van der Waals surface area contributed by atoms with Crippen LogP contribution in [0.2, 0.25) is 0 Å². The van der Waals surface area contributed by atoms with E-state index in [1.54, 1.807) is 0 Å². The largest absolute Gasteiger partial charge is 0.393 e. The minimum absolute atomic E-state index is 0.147. The molecule has 0 bridgehead atoms. The Bertz CT molecular complexity index is 84.7. The van der Waals surface area contributed by atoms with Gasteiger partial charge in [0.05, 0.1) is 6.10 Å². The van der Waals surface area contributed by atoms with Gasteiger partial charge in [-0.1, -0.05) is 25.5 Å². The van der Waals surface area contributed by atoms with E-state index >= 15 is 0 Å². The highest BCUT2D eigenvalue weighted by Crippen LogP contribution is 1.98. The Morgan fingerprint density at radius 1 is 1.30 bits per heavy atom. The fraction of sp³-hybridized carbons (Fsp3) is 0.778. The zero-order valence-electron chi connectivity index (χ0n) is 7.01. The van der Waals surface area contributed by atoms with Crippen molar-refractivity contribution < 1.29 is 5.11 Å². The molecule has 0 saturated heterocycles. The van der Waals surface area contributed by atoms with Gasteiger partial charge in [0.15, 0.2) is 0 Å². The molecule has 0 heterocycles. The molecule has 0 aromatic rings. The third-order valence-corrected chi connectivity index (χ3v) is 1.37. The maximum atomic E-state index is 8.88. The van der Waals surface area contributed by atoms with Crippen molar-refractivity contribution in [2.75, 3.05) is 0 Å². The molecule has 1 nitrogen and oxygen atoms in total. The van der Waals surface area contributed by atoms with Crippen LogP contribution in [0.3, 0.4) is 0 Å². The predicted molar refractivity (Wildman–Crippen MR) is 45.0 cm³/mol. The third kappa shape index (κ3) is 7.70. The molecule has 0 saturated carbocycles. The molecule has 0 aromatic heterocycles. The highest BCUT2D eigenvalue weighted by molar-refractivity contribution is 4.81. The lowest BCUT2D eigenvalue weighted by atomic mass is 10.2. The van der Waals surface area contributed by atoms with Crippen molar-refractivity contribution in [2.45, 2.75) is 45.6 Å². The van der Waals surface area contributed by atoms with Crippen LogP contribution in [-0.4, -0.2) is 11.2 Å². The number of rotatable bonds is 5. The van der Waals surface area contributed by atoms with Gasteiger partial charge in [0, 0.05) is 0 Å². The van der Waals surface area contributed by atoms with E-state index in [0.717, 1.165) is 12.8 Å². The van der Waals surface area contributed by atoms with Crippen molar-refractivity contribution in [3.63, 3.8) is 0 Å². The average molecular weight is 142 g/mol. The molecule has 1 N–H and O–H groups in total. The molecule has 0 amide bonds. The summed E-state index contributed by atoms with van der Waals surface area (Å²) in [5.74, 6) is 0. The molecule has 10 heavy (non-hydrogen) atoms. The molecular weight excluding hydrogens is 124 g/mol. The second kappa shape index (κ2) is 6.81. The van der Waals surface area contributed by atoms with Crippen molar-refractivity contribution >= 4 is 0 Å². The number of aliphatic hydroxyl groups is 1. The van der Waals surface area contributed by atoms with E-state index in [4.69, 9.17) is 5.11 Å². The van der Waals surface area contributed by atoms with Gasteiger partial charge in [-0.05, 0) is 26.2 Å². The predicted octanol–water partition coefficient (Wildman–Crippen LogP) is 2.50. The van der Waals surface area contributed by atoms with Crippen LogP contribution in [0.5, 0.6) is 0 Å². The lowest BCUT2D eigenvalue weighted by molar-refractivity contribution is 0.186. The van der Waals surface area contributed by atoms with Crippen LogP contribution in [0.4, 0.5) is 0 Å². The number of hydrogen-bond acceptors (Lipinski definition) is 1. The Hall–Kier alpha value is -0.300. The molecule has 0 aliphatic carbocycles. The summed E-state index contributed by atoms with van der Waals surface area (Å²) in [5.41, 5.74) is 0. The smallest absolute Gasteiger partial charge is 0.0515 e. The highest BCUT2D eigenvalue weighted by atomic mass is 16.3. The van der Waals surface area contributed by atoms with Gasteiger partial charge in [-0.3, -0.25) is 0 Å². The summed E-state index contributed by atoms with van der Waals surface area (Å²) < 4.78 is 0. The summed E-state index contributed by atoms with van der Waals surface area (Å²) in [6, 6.07) is 0. The van der Waals surface area contributed by atoms with Crippen molar-refractivity contribution in [3.8, 4) is 0 Å². The summed E-state index contributed by atoms with van der Waals surface area (Å²) >= 11 is 0. The number of aliphatic hydroxyl groups excluding tert-OH is 1. The Balaban J connectivity index is 3.02. The molecule has 1 atom stereocenters. The van der Waals surface area contributed by atoms with Gasteiger partial charge in [0.1, 0.15) is 0 Å². The van der Waals surface area contributed by atoms with Gasteiger partial charge in [-0.25, -0.2) is 0 Å². The van der Waals surface area contributed by atoms with E-state index < -0.39 is 0 Å². The van der Waals surface area contributed by atoms with Gasteiger partial charge >= 0.3 is 0 Å². The molecular formula is C9H18O. The Kier molecular flexibility index (Phi) is 6.61. The minimum atomic E-state index is -0.147. The first-order valence-electron chi connectivity index (χ1n) is 4.10. The zero-order chi connectivity index (χ0) is 7.82. The maximum absolute atomic E-state index is 8.88. The van der Waals surface area contributed by atoms with Crippen molar-refractivity contribution in [1.82, 2.24) is 0 Å². The molecule has 1 heteroatoms. The van der Waals surface area contributed by atoms with E-state index in [2.05, 4.69) is 19.1 Å². The molecule has 60 valence electrons. The Morgan fingerprint density at radius 3 is 2.40 bits per heavy atom. The normalized spacial score (nSPS) is 14.3. The minimum Gasteiger partial charge on any atom is -0.393 e. The lowest BCUT2D eigenvalue weighted by Crippen LogP contribution is -1.96. The fourth-order valence-electron chi connectivity index (χ4n) is 0.740. The van der Waals surface area contributed by atoms with E-state index in [1.807, 2.05) is 6.92 Å². The molecule has 0 aliphatic heterocycles. The molecule has 0 unspecified atom stereocenters. The number of allylic oxidation sites excluding steroid dienone is 2. The maximum Gasteiger partial charge on any atom is 0.0515 e. The quantitative estimate of drug-likeness (QED) is 0.585. The number of hydrogen-bond donors (Lipinski definition) is 1. The molecule has 0 spiro atoms. The van der Waals surface area contributed by atoms with E-state index in [-0.39, 0.29) is 6.10 Å². The van der Waals surface area contributed by atoms with E-state index in [0.29, 0.717) is 0 Å². The summed E-state index contributed by atoms with van der Waals surface area (Å²) in [7, 11) is 0. The van der Waals surface area contributed by atoms with Crippen molar-refractivity contribution in [2.24, 2.45) is 0 Å². The molecule has 0 rings (SSSR count). The molecule has 0 radical (unpaired) electrons. The Labute approximate surface area is 63.8 Å².